The molecule has 0 amide bonds. The number of nitrogens with zero attached hydrogens (tertiary/aromatic N) is 1. The molecular formula is C18H34F4N6O3S. The van der Waals surface area contributed by atoms with Gasteiger partial charge in [0.2, 0.25) is 0 Å². The number of piperidine rings is 1. The summed E-state index contributed by atoms with van der Waals surface area (Å²) < 4.78 is 81.5. The van der Waals surface area contributed by atoms with Crippen LogP contribution >= 0.6 is 0 Å². The maximum atomic E-state index is 13.8. The predicted molar refractivity (Wildman–Crippen MR) is 110 cm³/mol. The molecule has 7 unspecified atom stereocenters. The lowest BCUT2D eigenvalue weighted by molar-refractivity contribution is -0.199. The first kappa shape index (κ1) is 26.2. The second-order valence-corrected chi connectivity index (χ2v) is 10.9. The summed E-state index contributed by atoms with van der Waals surface area (Å²) in [4.78, 5) is 0. The summed E-state index contributed by atoms with van der Waals surface area (Å²) in [7, 11) is -3.25. The van der Waals surface area contributed by atoms with Crippen molar-refractivity contribution in [3.05, 3.63) is 0 Å². The third kappa shape index (κ3) is 8.09. The Kier molecular flexibility index (Phi) is 8.88. The van der Waals surface area contributed by atoms with Gasteiger partial charge < -0.3 is 9.29 Å². The third-order valence-corrected chi connectivity index (χ3v) is 7.48. The van der Waals surface area contributed by atoms with Gasteiger partial charge in [-0.25, -0.2) is 4.39 Å². The van der Waals surface area contributed by atoms with Crippen LogP contribution < -0.4 is 26.6 Å². The summed E-state index contributed by atoms with van der Waals surface area (Å²) in [6, 6.07) is -0.0102. The second kappa shape index (κ2) is 10.9. The van der Waals surface area contributed by atoms with Crippen molar-refractivity contribution in [2.45, 2.75) is 82.4 Å². The molecule has 2 aliphatic heterocycles. The average Bonchev–Trinajstić information content (AvgIpc) is 2.68. The summed E-state index contributed by atoms with van der Waals surface area (Å²) in [5.41, 5.74) is 0. The molecule has 14 heteroatoms. The Morgan fingerprint density at radius 2 is 1.66 bits per heavy atom. The summed E-state index contributed by atoms with van der Waals surface area (Å²) >= 11 is 0. The monoisotopic (exact) mass is 490 g/mol. The van der Waals surface area contributed by atoms with Gasteiger partial charge in [-0.05, 0) is 38.0 Å². The summed E-state index contributed by atoms with van der Waals surface area (Å²) in [5, 5.41) is 15.6. The van der Waals surface area contributed by atoms with Crippen molar-refractivity contribution < 1.29 is 31.1 Å². The molecule has 0 radical (unpaired) electrons. The Morgan fingerprint density at radius 1 is 1.06 bits per heavy atom. The molecule has 0 spiro atoms. The Hall–Kier alpha value is -0.450. The minimum atomic E-state index is -4.46. The van der Waals surface area contributed by atoms with E-state index in [9.17, 15) is 26.3 Å². The van der Waals surface area contributed by atoms with Gasteiger partial charge in [0.25, 0.3) is 0 Å². The van der Waals surface area contributed by atoms with Crippen molar-refractivity contribution in [3.8, 4) is 0 Å². The van der Waals surface area contributed by atoms with Crippen LogP contribution in [0.5, 0.6) is 0 Å². The normalized spacial score (nSPS) is 37.8. The van der Waals surface area contributed by atoms with Gasteiger partial charge in [0.15, 0.2) is 6.35 Å². The van der Waals surface area contributed by atoms with E-state index in [1.807, 2.05) is 6.92 Å². The fraction of sp³-hybridized carbons (Fsp3) is 1.00. The number of alkyl halides is 4. The average molecular weight is 491 g/mol. The van der Waals surface area contributed by atoms with Gasteiger partial charge in [-0.15, -0.1) is 4.31 Å². The van der Waals surface area contributed by atoms with Crippen LogP contribution in [-0.4, -0.2) is 78.2 Å². The molecule has 1 aliphatic carbocycles. The number of rotatable bonds is 7. The fourth-order valence-corrected chi connectivity index (χ4v) is 5.29. The van der Waals surface area contributed by atoms with Crippen molar-refractivity contribution in [1.29, 1.82) is 0 Å². The smallest absolute Gasteiger partial charge is 0.411 e. The first-order valence-corrected chi connectivity index (χ1v) is 12.8. The van der Waals surface area contributed by atoms with Crippen LogP contribution in [-0.2, 0) is 19.3 Å². The largest absolute Gasteiger partial charge is 0.598 e. The van der Waals surface area contributed by atoms with E-state index >= 15 is 0 Å². The predicted octanol–water partition coefficient (Wildman–Crippen LogP) is 0.544. The van der Waals surface area contributed by atoms with Crippen LogP contribution in [0.1, 0.15) is 39.0 Å². The van der Waals surface area contributed by atoms with Crippen molar-refractivity contribution in [2.24, 2.45) is 5.92 Å². The maximum absolute atomic E-state index is 13.8. The lowest BCUT2D eigenvalue weighted by Crippen LogP contribution is -2.76. The van der Waals surface area contributed by atoms with Gasteiger partial charge in [-0.3, -0.25) is 26.6 Å². The second-order valence-electron chi connectivity index (χ2n) is 8.95. The van der Waals surface area contributed by atoms with Crippen molar-refractivity contribution in [2.75, 3.05) is 26.0 Å². The van der Waals surface area contributed by atoms with Gasteiger partial charge in [0, 0.05) is 25.2 Å². The number of hydrogen-bond donors (Lipinski definition) is 5. The van der Waals surface area contributed by atoms with Gasteiger partial charge in [-0.1, -0.05) is 11.1 Å². The number of hydrogen-bond acceptors (Lipinski definition) is 8. The van der Waals surface area contributed by atoms with E-state index in [0.29, 0.717) is 45.2 Å². The minimum absolute atomic E-state index is 0.0158. The van der Waals surface area contributed by atoms with Crippen molar-refractivity contribution in [1.82, 2.24) is 30.9 Å². The highest BCUT2D eigenvalue weighted by atomic mass is 32.3. The quantitative estimate of drug-likeness (QED) is 0.260. The lowest BCUT2D eigenvalue weighted by atomic mass is 9.85. The van der Waals surface area contributed by atoms with E-state index in [-0.39, 0.29) is 18.0 Å². The number of sulfonamides is 1. The van der Waals surface area contributed by atoms with Gasteiger partial charge >= 0.3 is 6.18 Å². The number of ether oxygens (including phenoxy) is 1. The van der Waals surface area contributed by atoms with Crippen LogP contribution in [0.25, 0.3) is 0 Å². The van der Waals surface area contributed by atoms with Gasteiger partial charge in [0.05, 0.1) is 0 Å². The maximum Gasteiger partial charge on any atom is 0.411 e. The lowest BCUT2D eigenvalue weighted by Gasteiger charge is -2.43. The van der Waals surface area contributed by atoms with Crippen LogP contribution in [0, 0.1) is 5.92 Å². The standard InChI is InChI=1S/C18H34F4N6O3S/c1-11-9-13(3-4-14(11)19)24-16-25-15(26-17(27-16)31-10-18(20,21)22)23-12-5-7-28(8-6-12)32(2,29)30/h11-17,23-27H,3-10H2,1-2H3. The SMILES string of the molecule is CC1CC(NC2NC(NC3CCN([S+](C)(=O)[O-])CC3)NC(OCC(F)(F)F)N2)CCC1F. The third-order valence-electron chi connectivity index (χ3n) is 6.18. The molecule has 1 saturated carbocycles. The van der Waals surface area contributed by atoms with Crippen LogP contribution in [0.15, 0.2) is 0 Å². The first-order chi connectivity index (χ1) is 14.9. The Bertz CT molecular complexity index is 649. The van der Waals surface area contributed by atoms with Crippen LogP contribution in [0.4, 0.5) is 17.6 Å². The molecule has 2 saturated heterocycles. The van der Waals surface area contributed by atoms with E-state index in [4.69, 9.17) is 4.74 Å². The van der Waals surface area contributed by atoms with Crippen molar-refractivity contribution >= 4 is 10.4 Å². The van der Waals surface area contributed by atoms with Crippen molar-refractivity contribution in [3.63, 3.8) is 0 Å². The molecule has 0 aromatic rings. The van der Waals surface area contributed by atoms with E-state index in [1.165, 1.54) is 10.6 Å². The molecule has 2 heterocycles. The van der Waals surface area contributed by atoms with E-state index in [1.54, 1.807) is 0 Å². The highest BCUT2D eigenvalue weighted by Gasteiger charge is 2.36. The topological polar surface area (TPSA) is 113 Å². The zero-order valence-electron chi connectivity index (χ0n) is 18.3. The molecular weight excluding hydrogens is 456 g/mol. The molecule has 7 atom stereocenters. The zero-order valence-corrected chi connectivity index (χ0v) is 19.1. The molecule has 0 bridgehead atoms. The molecule has 3 fully saturated rings. The highest BCUT2D eigenvalue weighted by molar-refractivity contribution is 7.94. The molecule has 3 rings (SSSR count). The summed E-state index contributed by atoms with van der Waals surface area (Å²) in [6.45, 7) is 1.20. The van der Waals surface area contributed by atoms with Crippen LogP contribution in [0.2, 0.25) is 0 Å². The molecule has 0 aromatic carbocycles. The molecule has 188 valence electrons. The molecule has 5 N–H and O–H groups in total. The van der Waals surface area contributed by atoms with E-state index in [2.05, 4.69) is 26.6 Å². The Labute approximate surface area is 187 Å². The molecule has 0 aromatic heterocycles. The van der Waals surface area contributed by atoms with Gasteiger partial charge in [0.1, 0.15) is 42.0 Å². The Balaban J connectivity index is 1.56. The summed E-state index contributed by atoms with van der Waals surface area (Å²) in [6.07, 6.45) is -3.48. The van der Waals surface area contributed by atoms with Gasteiger partial charge in [-0.2, -0.15) is 13.2 Å². The minimum Gasteiger partial charge on any atom is -0.598 e. The van der Waals surface area contributed by atoms with E-state index in [0.717, 1.165) is 0 Å². The summed E-state index contributed by atoms with van der Waals surface area (Å²) in [5.74, 6) is -0.0887. The van der Waals surface area contributed by atoms with Crippen LogP contribution in [0.3, 0.4) is 0 Å². The molecule has 32 heavy (non-hydrogen) atoms. The molecule has 3 aliphatic rings. The number of halogens is 4. The number of nitrogens with one attached hydrogen (secondary N) is 5. The van der Waals surface area contributed by atoms with E-state index < -0.39 is 48.3 Å². The Morgan fingerprint density at radius 3 is 2.19 bits per heavy atom. The first-order valence-electron chi connectivity index (χ1n) is 11.0. The zero-order chi connectivity index (χ0) is 23.5. The highest BCUT2D eigenvalue weighted by Crippen LogP contribution is 2.27. The fourth-order valence-electron chi connectivity index (χ4n) is 4.42. The molecule has 9 nitrogen and oxygen atoms in total.